The van der Waals surface area contributed by atoms with Crippen molar-refractivity contribution in [2.45, 2.75) is 36.6 Å². The molecule has 1 aromatic rings. The van der Waals surface area contributed by atoms with Crippen LogP contribution < -0.4 is 10.5 Å². The quantitative estimate of drug-likeness (QED) is 0.889. The molecule has 0 unspecified atom stereocenters. The first kappa shape index (κ1) is 12.7. The van der Waals surface area contributed by atoms with Gasteiger partial charge in [-0.05, 0) is 31.0 Å². The molecule has 4 nitrogen and oxygen atoms in total. The van der Waals surface area contributed by atoms with Gasteiger partial charge in [-0.3, -0.25) is 0 Å². The van der Waals surface area contributed by atoms with E-state index in [9.17, 15) is 8.42 Å². The normalized spacial score (nSPS) is 17.3. The van der Waals surface area contributed by atoms with Gasteiger partial charge in [0.25, 0.3) is 0 Å². The molecular formula is C11H15ClN2O2S. The minimum atomic E-state index is -3.67. The SMILES string of the molecule is NS(=O)(=O)c1ccc(Cl)c(NC2CCCC2)c1. The average Bonchev–Trinajstić information content (AvgIpc) is 2.72. The highest BCUT2D eigenvalue weighted by Gasteiger charge is 2.17. The van der Waals surface area contributed by atoms with Crippen molar-refractivity contribution < 1.29 is 8.42 Å². The number of nitrogens with two attached hydrogens (primary N) is 1. The van der Waals surface area contributed by atoms with Crippen LogP contribution in [0.1, 0.15) is 25.7 Å². The zero-order valence-corrected chi connectivity index (χ0v) is 10.9. The Labute approximate surface area is 106 Å². The maximum Gasteiger partial charge on any atom is 0.238 e. The maximum absolute atomic E-state index is 11.2. The van der Waals surface area contributed by atoms with E-state index < -0.39 is 10.0 Å². The Kier molecular flexibility index (Phi) is 3.61. The van der Waals surface area contributed by atoms with Crippen LogP contribution >= 0.6 is 11.6 Å². The molecule has 0 atom stereocenters. The largest absolute Gasteiger partial charge is 0.381 e. The van der Waals surface area contributed by atoms with Crippen LogP contribution in [-0.2, 0) is 10.0 Å². The van der Waals surface area contributed by atoms with E-state index in [-0.39, 0.29) is 4.90 Å². The van der Waals surface area contributed by atoms with Crippen LogP contribution in [0, 0.1) is 0 Å². The van der Waals surface area contributed by atoms with E-state index in [4.69, 9.17) is 16.7 Å². The predicted octanol–water partition coefficient (Wildman–Crippen LogP) is 2.34. The van der Waals surface area contributed by atoms with Crippen LogP contribution in [-0.4, -0.2) is 14.5 Å². The molecule has 0 radical (unpaired) electrons. The Morgan fingerprint density at radius 2 is 1.94 bits per heavy atom. The van der Waals surface area contributed by atoms with Crippen LogP contribution in [0.3, 0.4) is 0 Å². The Hall–Kier alpha value is -0.780. The van der Waals surface area contributed by atoms with E-state index in [2.05, 4.69) is 5.32 Å². The highest BCUT2D eigenvalue weighted by Crippen LogP contribution is 2.29. The van der Waals surface area contributed by atoms with Gasteiger partial charge < -0.3 is 5.32 Å². The minimum Gasteiger partial charge on any atom is -0.381 e. The highest BCUT2D eigenvalue weighted by molar-refractivity contribution is 7.89. The lowest BCUT2D eigenvalue weighted by molar-refractivity contribution is 0.598. The molecule has 1 aliphatic carbocycles. The molecule has 0 aromatic heterocycles. The first-order valence-electron chi connectivity index (χ1n) is 5.56. The smallest absolute Gasteiger partial charge is 0.238 e. The third-order valence-corrected chi connectivity index (χ3v) is 4.22. The molecule has 0 spiro atoms. The fraction of sp³-hybridized carbons (Fsp3) is 0.455. The summed E-state index contributed by atoms with van der Waals surface area (Å²) >= 11 is 6.03. The van der Waals surface area contributed by atoms with Crippen LogP contribution in [0.4, 0.5) is 5.69 Å². The number of nitrogens with one attached hydrogen (secondary N) is 1. The Balaban J connectivity index is 2.26. The van der Waals surface area contributed by atoms with Gasteiger partial charge in [-0.1, -0.05) is 24.4 Å². The number of halogens is 1. The number of primary sulfonamides is 1. The lowest BCUT2D eigenvalue weighted by Crippen LogP contribution is -2.16. The monoisotopic (exact) mass is 274 g/mol. The average molecular weight is 275 g/mol. The predicted molar refractivity (Wildman–Crippen MR) is 68.7 cm³/mol. The van der Waals surface area contributed by atoms with Gasteiger partial charge in [0.05, 0.1) is 15.6 Å². The number of benzene rings is 1. The number of rotatable bonds is 3. The molecule has 0 bridgehead atoms. The summed E-state index contributed by atoms with van der Waals surface area (Å²) in [6.45, 7) is 0. The Morgan fingerprint density at radius 3 is 2.53 bits per heavy atom. The molecule has 1 saturated carbocycles. The molecule has 17 heavy (non-hydrogen) atoms. The van der Waals surface area contributed by atoms with Crippen molar-refractivity contribution in [1.82, 2.24) is 0 Å². The summed E-state index contributed by atoms with van der Waals surface area (Å²) in [6, 6.07) is 4.84. The first-order valence-corrected chi connectivity index (χ1v) is 7.48. The summed E-state index contributed by atoms with van der Waals surface area (Å²) in [7, 11) is -3.67. The Morgan fingerprint density at radius 1 is 1.29 bits per heavy atom. The third kappa shape index (κ3) is 3.12. The number of anilines is 1. The van der Waals surface area contributed by atoms with E-state index in [1.165, 1.54) is 25.0 Å². The third-order valence-electron chi connectivity index (χ3n) is 2.98. The van der Waals surface area contributed by atoms with Gasteiger partial charge in [0.15, 0.2) is 0 Å². The zero-order valence-electron chi connectivity index (χ0n) is 9.32. The summed E-state index contributed by atoms with van der Waals surface area (Å²) in [5.74, 6) is 0. The molecule has 0 aliphatic heterocycles. The molecule has 0 heterocycles. The molecule has 6 heteroatoms. The van der Waals surface area contributed by atoms with Crippen LogP contribution in [0.5, 0.6) is 0 Å². The van der Waals surface area contributed by atoms with Crippen molar-refractivity contribution in [3.8, 4) is 0 Å². The summed E-state index contributed by atoms with van der Waals surface area (Å²) in [5, 5.41) is 8.87. The van der Waals surface area contributed by atoms with Crippen molar-refractivity contribution in [3.05, 3.63) is 23.2 Å². The number of sulfonamides is 1. The van der Waals surface area contributed by atoms with Crippen molar-refractivity contribution in [2.24, 2.45) is 5.14 Å². The molecule has 3 N–H and O–H groups in total. The second kappa shape index (κ2) is 4.84. The zero-order chi connectivity index (χ0) is 12.5. The van der Waals surface area contributed by atoms with Crippen LogP contribution in [0.2, 0.25) is 5.02 Å². The molecule has 2 rings (SSSR count). The standard InChI is InChI=1S/C11H15ClN2O2S/c12-10-6-5-9(17(13,15)16)7-11(10)14-8-3-1-2-4-8/h5-8,14H,1-4H2,(H2,13,15,16). The summed E-state index contributed by atoms with van der Waals surface area (Å²) in [4.78, 5) is 0.0856. The van der Waals surface area contributed by atoms with E-state index in [1.807, 2.05) is 0 Å². The van der Waals surface area contributed by atoms with E-state index in [0.29, 0.717) is 16.8 Å². The van der Waals surface area contributed by atoms with E-state index in [0.717, 1.165) is 12.8 Å². The van der Waals surface area contributed by atoms with Crippen molar-refractivity contribution in [1.29, 1.82) is 0 Å². The van der Waals surface area contributed by atoms with Gasteiger partial charge in [0.2, 0.25) is 10.0 Å². The molecule has 0 saturated heterocycles. The summed E-state index contributed by atoms with van der Waals surface area (Å²) in [6.07, 6.45) is 4.58. The number of hydrogen-bond donors (Lipinski definition) is 2. The molecular weight excluding hydrogens is 260 g/mol. The van der Waals surface area contributed by atoms with Gasteiger partial charge in [0.1, 0.15) is 0 Å². The minimum absolute atomic E-state index is 0.0856. The fourth-order valence-electron chi connectivity index (χ4n) is 2.08. The van der Waals surface area contributed by atoms with Crippen molar-refractivity contribution in [2.75, 3.05) is 5.32 Å². The molecule has 94 valence electrons. The van der Waals surface area contributed by atoms with Gasteiger partial charge in [-0.2, -0.15) is 0 Å². The number of hydrogen-bond acceptors (Lipinski definition) is 3. The second-order valence-electron chi connectivity index (χ2n) is 4.31. The van der Waals surface area contributed by atoms with Gasteiger partial charge in [-0.25, -0.2) is 13.6 Å². The molecule has 0 amide bonds. The summed E-state index contributed by atoms with van der Waals surface area (Å²) < 4.78 is 22.5. The van der Waals surface area contributed by atoms with E-state index >= 15 is 0 Å². The Bertz CT molecular complexity index is 510. The lowest BCUT2D eigenvalue weighted by atomic mass is 10.2. The molecule has 1 aromatic carbocycles. The van der Waals surface area contributed by atoms with Crippen LogP contribution in [0.25, 0.3) is 0 Å². The summed E-state index contributed by atoms with van der Waals surface area (Å²) in [5.41, 5.74) is 0.644. The lowest BCUT2D eigenvalue weighted by Gasteiger charge is -2.15. The van der Waals surface area contributed by atoms with Gasteiger partial charge in [0, 0.05) is 6.04 Å². The van der Waals surface area contributed by atoms with Gasteiger partial charge in [-0.15, -0.1) is 0 Å². The topological polar surface area (TPSA) is 72.2 Å². The second-order valence-corrected chi connectivity index (χ2v) is 6.28. The van der Waals surface area contributed by atoms with Gasteiger partial charge >= 0.3 is 0 Å². The first-order chi connectivity index (χ1) is 7.97. The highest BCUT2D eigenvalue weighted by atomic mass is 35.5. The van der Waals surface area contributed by atoms with Crippen molar-refractivity contribution >= 4 is 27.3 Å². The van der Waals surface area contributed by atoms with E-state index in [1.54, 1.807) is 6.07 Å². The van der Waals surface area contributed by atoms with Crippen LogP contribution in [0.15, 0.2) is 23.1 Å². The van der Waals surface area contributed by atoms with Crippen molar-refractivity contribution in [3.63, 3.8) is 0 Å². The fourth-order valence-corrected chi connectivity index (χ4v) is 2.79. The molecule has 1 aliphatic rings. The molecule has 1 fully saturated rings. The maximum atomic E-state index is 11.2.